The average Bonchev–Trinajstić information content (AvgIpc) is 3.46. The van der Waals surface area contributed by atoms with E-state index in [0.29, 0.717) is 23.1 Å². The molecule has 0 aliphatic carbocycles. The van der Waals surface area contributed by atoms with Crippen molar-refractivity contribution in [3.63, 3.8) is 0 Å². The molecule has 0 aliphatic rings. The van der Waals surface area contributed by atoms with Crippen LogP contribution < -0.4 is 20.3 Å². The number of ether oxygens (including phenoxy) is 3. The van der Waals surface area contributed by atoms with E-state index in [1.807, 2.05) is 0 Å². The Morgan fingerprint density at radius 3 is 2.48 bits per heavy atom. The van der Waals surface area contributed by atoms with Crippen molar-refractivity contribution in [3.05, 3.63) is 94.5 Å². The quantitative estimate of drug-likeness (QED) is 0.164. The van der Waals surface area contributed by atoms with Crippen molar-refractivity contribution < 1.29 is 33.0 Å². The summed E-state index contributed by atoms with van der Waals surface area (Å²) in [5.41, 5.74) is 0.818. The maximum atomic E-state index is 13.6. The van der Waals surface area contributed by atoms with E-state index < -0.39 is 23.6 Å². The fraction of sp³-hybridized carbons (Fsp3) is 0.290. The summed E-state index contributed by atoms with van der Waals surface area (Å²) in [5, 5.41) is 5.38. The van der Waals surface area contributed by atoms with Crippen molar-refractivity contribution in [2.45, 2.75) is 39.8 Å². The summed E-state index contributed by atoms with van der Waals surface area (Å²) in [6, 6.07) is 15.1. The van der Waals surface area contributed by atoms with E-state index >= 15 is 0 Å². The third-order valence-corrected chi connectivity index (χ3v) is 6.55. The minimum absolute atomic E-state index is 0.00209. The molecule has 0 saturated heterocycles. The number of H-pyrrole nitrogens is 1. The van der Waals surface area contributed by atoms with Gasteiger partial charge in [-0.05, 0) is 69.7 Å². The summed E-state index contributed by atoms with van der Waals surface area (Å²) in [5.74, 6) is -0.814. The van der Waals surface area contributed by atoms with Gasteiger partial charge in [-0.15, -0.1) is 0 Å². The van der Waals surface area contributed by atoms with Gasteiger partial charge in [0.25, 0.3) is 5.91 Å². The number of thiocarbonyl (C=S) groups is 1. The summed E-state index contributed by atoms with van der Waals surface area (Å²) in [4.78, 5) is 41.9. The molecule has 2 amide bonds. The van der Waals surface area contributed by atoms with Gasteiger partial charge in [0.2, 0.25) is 0 Å². The first kappa shape index (κ1) is 34.1. The first-order chi connectivity index (χ1) is 20.9. The standard InChI is InChI=1S/C31H34ClFN4O6S/c1-5-41-28(39)26-23(14-15-34-26)37(29(44)36-27(38)21-10-7-6-8-11-21)18-22-12-9-13-24(25(22)32)42-19-20(16-33)17-35-30(40)43-31(2,3)4/h6-16,34H,5,17-19H2,1-4H3,(H,35,40)(H,36,38,44)/b20-16+. The number of hydrogen-bond donors (Lipinski definition) is 3. The second kappa shape index (κ2) is 15.9. The molecule has 3 aromatic rings. The molecule has 234 valence electrons. The highest BCUT2D eigenvalue weighted by Crippen LogP contribution is 2.32. The molecule has 0 saturated carbocycles. The molecule has 2 aromatic carbocycles. The van der Waals surface area contributed by atoms with Crippen LogP contribution in [0.25, 0.3) is 0 Å². The Morgan fingerprint density at radius 2 is 1.82 bits per heavy atom. The highest BCUT2D eigenvalue weighted by molar-refractivity contribution is 7.80. The van der Waals surface area contributed by atoms with E-state index in [-0.39, 0.29) is 53.5 Å². The first-order valence-corrected chi connectivity index (χ1v) is 14.4. The molecule has 10 nitrogen and oxygen atoms in total. The SMILES string of the molecule is CCOC(=O)c1[nH]ccc1N(Cc1cccc(OC/C(=C/F)CNC(=O)OC(C)(C)C)c1Cl)C(=S)NC(=O)c1ccccc1. The largest absolute Gasteiger partial charge is 0.488 e. The maximum Gasteiger partial charge on any atom is 0.407 e. The van der Waals surface area contributed by atoms with Gasteiger partial charge < -0.3 is 29.4 Å². The van der Waals surface area contributed by atoms with E-state index in [0.717, 1.165) is 0 Å². The molecular weight excluding hydrogens is 611 g/mol. The highest BCUT2D eigenvalue weighted by atomic mass is 35.5. The highest BCUT2D eigenvalue weighted by Gasteiger charge is 2.25. The number of aromatic amines is 1. The maximum absolute atomic E-state index is 13.6. The van der Waals surface area contributed by atoms with E-state index in [1.54, 1.807) is 88.5 Å². The minimum atomic E-state index is -0.702. The molecular formula is C31H34ClFN4O6S. The predicted molar refractivity (Wildman–Crippen MR) is 170 cm³/mol. The number of anilines is 1. The third kappa shape index (κ3) is 9.81. The van der Waals surface area contributed by atoms with Gasteiger partial charge in [0.05, 0.1) is 30.2 Å². The van der Waals surface area contributed by atoms with E-state index in [2.05, 4.69) is 15.6 Å². The van der Waals surface area contributed by atoms with Gasteiger partial charge in [-0.2, -0.15) is 0 Å². The number of hydrogen-bond acceptors (Lipinski definition) is 7. The molecule has 0 radical (unpaired) electrons. The topological polar surface area (TPSA) is 122 Å². The number of rotatable bonds is 11. The number of halogens is 2. The summed E-state index contributed by atoms with van der Waals surface area (Å²) in [6.07, 6.45) is 1.19. The van der Waals surface area contributed by atoms with Crippen molar-refractivity contribution in [1.29, 1.82) is 0 Å². The minimum Gasteiger partial charge on any atom is -0.488 e. The summed E-state index contributed by atoms with van der Waals surface area (Å²) in [7, 11) is 0. The van der Waals surface area contributed by atoms with Crippen molar-refractivity contribution in [1.82, 2.24) is 15.6 Å². The lowest BCUT2D eigenvalue weighted by Crippen LogP contribution is -2.43. The van der Waals surface area contributed by atoms with Crippen molar-refractivity contribution in [3.8, 4) is 5.75 Å². The van der Waals surface area contributed by atoms with Gasteiger partial charge >= 0.3 is 12.1 Å². The Kier molecular flexibility index (Phi) is 12.3. The van der Waals surface area contributed by atoms with Crippen LogP contribution in [-0.2, 0) is 16.0 Å². The molecule has 1 heterocycles. The number of amides is 2. The summed E-state index contributed by atoms with van der Waals surface area (Å²) >= 11 is 12.3. The smallest absolute Gasteiger partial charge is 0.407 e. The van der Waals surface area contributed by atoms with Crippen LogP contribution in [0.4, 0.5) is 14.9 Å². The van der Waals surface area contributed by atoms with Crippen LogP contribution in [0, 0.1) is 0 Å². The number of carbonyl (C=O) groups is 3. The zero-order valence-corrected chi connectivity index (χ0v) is 26.3. The second-order valence-electron chi connectivity index (χ2n) is 10.3. The van der Waals surface area contributed by atoms with Crippen molar-refractivity contribution in [2.24, 2.45) is 0 Å². The monoisotopic (exact) mass is 644 g/mol. The predicted octanol–water partition coefficient (Wildman–Crippen LogP) is 6.32. The van der Waals surface area contributed by atoms with Crippen LogP contribution in [-0.4, -0.2) is 53.4 Å². The average molecular weight is 645 g/mol. The van der Waals surface area contributed by atoms with Crippen molar-refractivity contribution in [2.75, 3.05) is 24.7 Å². The Hall–Kier alpha value is -4.42. The Bertz CT molecular complexity index is 1510. The van der Waals surface area contributed by atoms with Gasteiger partial charge in [0.1, 0.15) is 23.7 Å². The number of alkyl carbamates (subject to hydrolysis) is 1. The molecule has 0 spiro atoms. The fourth-order valence-electron chi connectivity index (χ4n) is 3.80. The molecule has 44 heavy (non-hydrogen) atoms. The van der Waals surface area contributed by atoms with Gasteiger partial charge in [-0.25, -0.2) is 14.0 Å². The normalized spacial score (nSPS) is 11.4. The van der Waals surface area contributed by atoms with Crippen LogP contribution in [0.5, 0.6) is 5.75 Å². The van der Waals surface area contributed by atoms with Crippen LogP contribution >= 0.6 is 23.8 Å². The molecule has 0 unspecified atom stereocenters. The summed E-state index contributed by atoms with van der Waals surface area (Å²) < 4.78 is 29.7. The van der Waals surface area contributed by atoms with E-state index in [4.69, 9.17) is 38.0 Å². The van der Waals surface area contributed by atoms with Crippen molar-refractivity contribution >= 4 is 52.6 Å². The lowest BCUT2D eigenvalue weighted by Gasteiger charge is -2.26. The number of carbonyl (C=O) groups excluding carboxylic acids is 3. The Balaban J connectivity index is 1.82. The first-order valence-electron chi connectivity index (χ1n) is 13.6. The molecule has 3 N–H and O–H groups in total. The zero-order chi connectivity index (χ0) is 32.3. The van der Waals surface area contributed by atoms with Gasteiger partial charge in [0, 0.05) is 23.9 Å². The molecule has 13 heteroatoms. The number of nitrogens with one attached hydrogen (secondary N) is 3. The molecule has 1 aromatic heterocycles. The second-order valence-corrected chi connectivity index (χ2v) is 11.1. The lowest BCUT2D eigenvalue weighted by molar-refractivity contribution is 0.0514. The number of benzene rings is 2. The number of esters is 1. The molecule has 0 bridgehead atoms. The van der Waals surface area contributed by atoms with Crippen LogP contribution in [0.15, 0.2) is 72.7 Å². The van der Waals surface area contributed by atoms with Gasteiger partial charge in [-0.3, -0.25) is 10.1 Å². The molecule has 0 atom stereocenters. The number of aromatic nitrogens is 1. The third-order valence-electron chi connectivity index (χ3n) is 5.79. The molecule has 3 rings (SSSR count). The Morgan fingerprint density at radius 1 is 1.09 bits per heavy atom. The Labute approximate surface area is 265 Å². The van der Waals surface area contributed by atoms with E-state index in [9.17, 15) is 18.8 Å². The number of nitrogens with zero attached hydrogens (tertiary/aromatic N) is 1. The van der Waals surface area contributed by atoms with Crippen LogP contribution in [0.3, 0.4) is 0 Å². The lowest BCUT2D eigenvalue weighted by atomic mass is 10.1. The van der Waals surface area contributed by atoms with Gasteiger partial charge in [0.15, 0.2) is 5.11 Å². The summed E-state index contributed by atoms with van der Waals surface area (Å²) in [6.45, 7) is 6.65. The molecule has 0 aliphatic heterocycles. The van der Waals surface area contributed by atoms with E-state index in [1.165, 1.54) is 4.90 Å². The van der Waals surface area contributed by atoms with Gasteiger partial charge in [-0.1, -0.05) is 41.9 Å². The fourth-order valence-corrected chi connectivity index (χ4v) is 4.29. The molecule has 0 fully saturated rings. The van der Waals surface area contributed by atoms with Crippen LogP contribution in [0.2, 0.25) is 5.02 Å². The zero-order valence-electron chi connectivity index (χ0n) is 24.7. The van der Waals surface area contributed by atoms with Crippen LogP contribution in [0.1, 0.15) is 54.1 Å².